The third-order valence-electron chi connectivity index (χ3n) is 3.42. The number of nitrogens with one attached hydrogen (secondary N) is 1. The average molecular weight is 364 g/mol. The van der Waals surface area contributed by atoms with Gasteiger partial charge in [-0.3, -0.25) is 9.59 Å². The molecule has 0 aliphatic heterocycles. The monoisotopic (exact) mass is 364 g/mol. The van der Waals surface area contributed by atoms with Crippen LogP contribution in [-0.4, -0.2) is 53.4 Å². The van der Waals surface area contributed by atoms with Gasteiger partial charge in [0.05, 0.1) is 5.56 Å². The van der Waals surface area contributed by atoms with Gasteiger partial charge in [-0.15, -0.1) is 0 Å². The van der Waals surface area contributed by atoms with Crippen molar-refractivity contribution in [3.05, 3.63) is 29.7 Å². The Hall–Kier alpha value is -2.48. The van der Waals surface area contributed by atoms with E-state index in [9.17, 15) is 9.59 Å². The van der Waals surface area contributed by atoms with Gasteiger partial charge in [0, 0.05) is 24.9 Å². The lowest BCUT2D eigenvalue weighted by molar-refractivity contribution is -0.117. The molecule has 0 saturated carbocycles. The van der Waals surface area contributed by atoms with Gasteiger partial charge in [0.1, 0.15) is 11.6 Å². The van der Waals surface area contributed by atoms with Crippen molar-refractivity contribution in [2.45, 2.75) is 46.1 Å². The molecule has 0 saturated heterocycles. The topological polar surface area (TPSA) is 127 Å². The number of carbonyl (C=O) groups excluding carboxylic acids is 2. The summed E-state index contributed by atoms with van der Waals surface area (Å²) < 4.78 is 0. The Kier molecular flexibility index (Phi) is 11.6. The molecule has 1 atom stereocenters. The number of aryl methyl sites for hydroxylation is 1. The highest BCUT2D eigenvalue weighted by molar-refractivity contribution is 5.96. The molecule has 8 nitrogen and oxygen atoms in total. The van der Waals surface area contributed by atoms with E-state index in [0.717, 1.165) is 25.8 Å². The largest absolute Gasteiger partial charge is 0.383 e. The Bertz CT molecular complexity index is 601. The van der Waals surface area contributed by atoms with Crippen LogP contribution in [0.1, 0.15) is 49.3 Å². The van der Waals surface area contributed by atoms with Crippen LogP contribution in [0.15, 0.2) is 18.3 Å². The first-order valence-corrected chi connectivity index (χ1v) is 8.71. The maximum atomic E-state index is 11.5. The maximum Gasteiger partial charge on any atom is 0.254 e. The van der Waals surface area contributed by atoms with Crippen molar-refractivity contribution in [2.75, 3.05) is 26.4 Å². The molecule has 146 valence electrons. The van der Waals surface area contributed by atoms with E-state index in [1.165, 1.54) is 6.20 Å². The van der Waals surface area contributed by atoms with Crippen LogP contribution in [0.5, 0.6) is 0 Å². The summed E-state index contributed by atoms with van der Waals surface area (Å²) in [6.07, 6.45) is 8.00. The van der Waals surface area contributed by atoms with Crippen LogP contribution in [0.4, 0.5) is 5.82 Å². The predicted octanol–water partition coefficient (Wildman–Crippen LogP) is 1.27. The second-order valence-electron chi connectivity index (χ2n) is 6.15. The van der Waals surface area contributed by atoms with E-state index >= 15 is 0 Å². The number of anilines is 1. The molecule has 26 heavy (non-hydrogen) atoms. The number of amides is 2. The Balaban J connectivity index is 0.000000502. The summed E-state index contributed by atoms with van der Waals surface area (Å²) in [6.45, 7) is 6.72. The number of nitrogens with zero attached hydrogens (tertiary/aromatic N) is 3. The number of aromatic nitrogens is 2. The molecule has 0 aliphatic carbocycles. The Morgan fingerprint density at radius 3 is 2.46 bits per heavy atom. The summed E-state index contributed by atoms with van der Waals surface area (Å²) in [7, 11) is 3.96. The van der Waals surface area contributed by atoms with Crippen molar-refractivity contribution >= 4 is 17.6 Å². The summed E-state index contributed by atoms with van der Waals surface area (Å²) in [6, 6.07) is 0.325. The van der Waals surface area contributed by atoms with E-state index in [1.807, 2.05) is 25.1 Å². The van der Waals surface area contributed by atoms with Gasteiger partial charge in [-0.1, -0.05) is 26.3 Å². The summed E-state index contributed by atoms with van der Waals surface area (Å²) in [5, 5.41) is 3.00. The molecule has 0 bridgehead atoms. The van der Waals surface area contributed by atoms with E-state index in [2.05, 4.69) is 29.1 Å². The molecule has 1 heterocycles. The molecule has 0 fully saturated rings. The highest BCUT2D eigenvalue weighted by atomic mass is 16.1. The van der Waals surface area contributed by atoms with Gasteiger partial charge in [0.2, 0.25) is 5.91 Å². The lowest BCUT2D eigenvalue weighted by Crippen LogP contribution is -2.33. The van der Waals surface area contributed by atoms with E-state index in [4.69, 9.17) is 11.5 Å². The fraction of sp³-hybridized carbons (Fsp3) is 0.556. The molecule has 0 aliphatic rings. The van der Waals surface area contributed by atoms with Crippen molar-refractivity contribution in [3.63, 3.8) is 0 Å². The van der Waals surface area contributed by atoms with Crippen molar-refractivity contribution in [1.82, 2.24) is 20.2 Å². The van der Waals surface area contributed by atoms with E-state index < -0.39 is 5.91 Å². The van der Waals surface area contributed by atoms with Gasteiger partial charge in [-0.05, 0) is 33.9 Å². The van der Waals surface area contributed by atoms with Crippen molar-refractivity contribution < 1.29 is 9.59 Å². The number of likely N-dealkylation sites (N-methyl/N-ethyl adjacent to an activating group) is 1. The molecule has 0 aromatic carbocycles. The van der Waals surface area contributed by atoms with Gasteiger partial charge in [0.15, 0.2) is 0 Å². The van der Waals surface area contributed by atoms with Gasteiger partial charge in [-0.25, -0.2) is 9.97 Å². The molecule has 1 aromatic heterocycles. The average Bonchev–Trinajstić information content (AvgIpc) is 2.54. The van der Waals surface area contributed by atoms with Gasteiger partial charge < -0.3 is 21.7 Å². The molecule has 0 spiro atoms. The van der Waals surface area contributed by atoms with Crippen LogP contribution < -0.4 is 16.8 Å². The highest BCUT2D eigenvalue weighted by Gasteiger charge is 2.07. The molecule has 8 heteroatoms. The molecule has 5 N–H and O–H groups in total. The number of hydrogen-bond acceptors (Lipinski definition) is 6. The van der Waals surface area contributed by atoms with Crippen LogP contribution >= 0.6 is 0 Å². The van der Waals surface area contributed by atoms with Gasteiger partial charge >= 0.3 is 0 Å². The number of primary amides is 1. The molecule has 2 amide bonds. The lowest BCUT2D eigenvalue weighted by Gasteiger charge is -2.14. The minimum atomic E-state index is -0.609. The summed E-state index contributed by atoms with van der Waals surface area (Å²) in [5.74, 6) is 0.0668. The number of rotatable bonds is 8. The van der Waals surface area contributed by atoms with Crippen molar-refractivity contribution in [3.8, 4) is 0 Å². The highest BCUT2D eigenvalue weighted by Crippen LogP contribution is 2.04. The Morgan fingerprint density at radius 2 is 2.00 bits per heavy atom. The first-order valence-electron chi connectivity index (χ1n) is 8.71. The molecule has 0 radical (unpaired) electrons. The van der Waals surface area contributed by atoms with Gasteiger partial charge in [-0.2, -0.15) is 0 Å². The summed E-state index contributed by atoms with van der Waals surface area (Å²) >= 11 is 0. The SMILES string of the molecule is CCC[C@H](CC)NC(=O)/C=C/CN(C)C.Cc1ncc(C(N)=O)c(N)n1. The second-order valence-corrected chi connectivity index (χ2v) is 6.15. The second kappa shape index (κ2) is 12.8. The Labute approximate surface area is 156 Å². The third kappa shape index (κ3) is 10.4. The maximum absolute atomic E-state index is 11.5. The van der Waals surface area contributed by atoms with Crippen LogP contribution in [0.3, 0.4) is 0 Å². The predicted molar refractivity (Wildman–Crippen MR) is 105 cm³/mol. The third-order valence-corrected chi connectivity index (χ3v) is 3.42. The van der Waals surface area contributed by atoms with Crippen LogP contribution in [0.25, 0.3) is 0 Å². The molecule has 0 unspecified atom stereocenters. The fourth-order valence-electron chi connectivity index (χ4n) is 2.02. The summed E-state index contributed by atoms with van der Waals surface area (Å²) in [4.78, 5) is 31.6. The standard InChI is InChI=1S/C12H24N2O.C6H8N4O/c1-5-8-11(6-2)13-12(15)9-7-10-14(3)4;1-3-9-2-4(6(8)11)5(7)10-3/h7,9,11H,5-6,8,10H2,1-4H3,(H,13,15);2H,1H3,(H2,8,11)(H2,7,9,10)/b9-7+;/t11-;/m0./s1. The number of hydrogen-bond donors (Lipinski definition) is 3. The van der Waals surface area contributed by atoms with E-state index in [1.54, 1.807) is 13.0 Å². The minimum absolute atomic E-state index is 0.0251. The first kappa shape index (κ1) is 23.5. The van der Waals surface area contributed by atoms with Crippen molar-refractivity contribution in [2.24, 2.45) is 5.73 Å². The van der Waals surface area contributed by atoms with E-state index in [-0.39, 0.29) is 17.3 Å². The number of nitrogens with two attached hydrogens (primary N) is 2. The minimum Gasteiger partial charge on any atom is -0.383 e. The number of nitrogen functional groups attached to an aromatic ring is 1. The van der Waals surface area contributed by atoms with E-state index in [0.29, 0.717) is 11.9 Å². The zero-order valence-electron chi connectivity index (χ0n) is 16.5. The Morgan fingerprint density at radius 1 is 1.35 bits per heavy atom. The van der Waals surface area contributed by atoms with Crippen LogP contribution in [0, 0.1) is 6.92 Å². The molecular formula is C18H32N6O2. The zero-order chi connectivity index (χ0) is 20.1. The van der Waals surface area contributed by atoms with Gasteiger partial charge in [0.25, 0.3) is 5.91 Å². The quantitative estimate of drug-likeness (QED) is 0.596. The fourth-order valence-corrected chi connectivity index (χ4v) is 2.02. The normalized spacial score (nSPS) is 11.8. The molecule has 1 rings (SSSR count). The zero-order valence-corrected chi connectivity index (χ0v) is 16.5. The van der Waals surface area contributed by atoms with Crippen LogP contribution in [0.2, 0.25) is 0 Å². The number of carbonyl (C=O) groups is 2. The lowest BCUT2D eigenvalue weighted by atomic mass is 10.1. The first-order chi connectivity index (χ1) is 12.2. The van der Waals surface area contributed by atoms with Crippen molar-refractivity contribution in [1.29, 1.82) is 0 Å². The molecule has 1 aromatic rings. The smallest absolute Gasteiger partial charge is 0.254 e. The molecular weight excluding hydrogens is 332 g/mol. The van der Waals surface area contributed by atoms with Crippen LogP contribution in [-0.2, 0) is 4.79 Å². The summed E-state index contributed by atoms with van der Waals surface area (Å²) in [5.41, 5.74) is 10.5.